The first-order valence-electron chi connectivity index (χ1n) is 8.39. The lowest BCUT2D eigenvalue weighted by Crippen LogP contribution is -2.12. The maximum atomic E-state index is 12.9. The van der Waals surface area contributed by atoms with Gasteiger partial charge in [-0.1, -0.05) is 26.0 Å². The van der Waals surface area contributed by atoms with Gasteiger partial charge in [0.1, 0.15) is 5.82 Å². The first-order chi connectivity index (χ1) is 11.6. The van der Waals surface area contributed by atoms with Gasteiger partial charge in [-0.25, -0.2) is 4.39 Å². The molecule has 0 saturated carbocycles. The van der Waals surface area contributed by atoms with Crippen LogP contribution in [0.3, 0.4) is 0 Å². The molecule has 0 aliphatic carbocycles. The lowest BCUT2D eigenvalue weighted by atomic mass is 9.95. The summed E-state index contributed by atoms with van der Waals surface area (Å²) < 4.78 is 19.0. The van der Waals surface area contributed by atoms with E-state index < -0.39 is 0 Å². The Kier molecular flexibility index (Phi) is 4.95. The molecule has 1 aliphatic heterocycles. The molecule has 0 radical (unpaired) electrons. The smallest absolute Gasteiger partial charge is 0.255 e. The fraction of sp³-hybridized carbons (Fsp3) is 0.350. The molecule has 0 spiro atoms. The van der Waals surface area contributed by atoms with Crippen molar-refractivity contribution in [3.63, 3.8) is 0 Å². The quantitative estimate of drug-likeness (QED) is 0.862. The summed E-state index contributed by atoms with van der Waals surface area (Å²) in [7, 11) is 0. The van der Waals surface area contributed by atoms with Crippen LogP contribution in [-0.4, -0.2) is 12.0 Å². The van der Waals surface area contributed by atoms with Crippen LogP contribution in [0.25, 0.3) is 0 Å². The van der Waals surface area contributed by atoms with Gasteiger partial charge in [-0.3, -0.25) is 4.79 Å². The number of nitrogens with one attached hydrogen (secondary N) is 1. The largest absolute Gasteiger partial charge is 0.370 e. The standard InChI is InChI=1S/C20H22FNO2/c1-3-18-12-13(2)19(24-18)14-4-6-15(7-5-14)20(23)22-17-10-8-16(21)9-11-17/h4-11,13,18-19H,3,12H2,1-2H3,(H,22,23)/t13-,18+,19-/m0/s1. The Hall–Kier alpha value is -2.20. The van der Waals surface area contributed by atoms with Crippen molar-refractivity contribution in [2.75, 3.05) is 5.32 Å². The molecule has 3 atom stereocenters. The normalized spacial score (nSPS) is 23.2. The van der Waals surface area contributed by atoms with Crippen LogP contribution in [-0.2, 0) is 4.74 Å². The number of hydrogen-bond donors (Lipinski definition) is 1. The highest BCUT2D eigenvalue weighted by atomic mass is 19.1. The topological polar surface area (TPSA) is 38.3 Å². The van der Waals surface area contributed by atoms with Gasteiger partial charge in [-0.05, 0) is 60.7 Å². The van der Waals surface area contributed by atoms with E-state index in [0.717, 1.165) is 18.4 Å². The van der Waals surface area contributed by atoms with Crippen LogP contribution in [0.2, 0.25) is 0 Å². The molecule has 1 N–H and O–H groups in total. The number of rotatable bonds is 4. The molecule has 1 heterocycles. The van der Waals surface area contributed by atoms with E-state index in [1.165, 1.54) is 12.1 Å². The molecule has 2 aromatic carbocycles. The van der Waals surface area contributed by atoms with E-state index in [9.17, 15) is 9.18 Å². The average molecular weight is 327 g/mol. The van der Waals surface area contributed by atoms with Crippen LogP contribution in [0, 0.1) is 11.7 Å². The van der Waals surface area contributed by atoms with Gasteiger partial charge in [0.05, 0.1) is 12.2 Å². The van der Waals surface area contributed by atoms with Crippen molar-refractivity contribution >= 4 is 11.6 Å². The van der Waals surface area contributed by atoms with Gasteiger partial charge >= 0.3 is 0 Å². The molecule has 3 rings (SSSR count). The van der Waals surface area contributed by atoms with E-state index in [1.54, 1.807) is 12.1 Å². The number of halogens is 1. The molecule has 0 unspecified atom stereocenters. The van der Waals surface area contributed by atoms with Gasteiger partial charge in [-0.2, -0.15) is 0 Å². The second-order valence-electron chi connectivity index (χ2n) is 6.38. The van der Waals surface area contributed by atoms with Gasteiger partial charge in [0.2, 0.25) is 0 Å². The monoisotopic (exact) mass is 327 g/mol. The minimum Gasteiger partial charge on any atom is -0.370 e. The van der Waals surface area contributed by atoms with E-state index in [-0.39, 0.29) is 17.8 Å². The highest BCUT2D eigenvalue weighted by Gasteiger charge is 2.32. The van der Waals surface area contributed by atoms with Crippen LogP contribution in [0.4, 0.5) is 10.1 Å². The summed E-state index contributed by atoms with van der Waals surface area (Å²) in [6.07, 6.45) is 2.53. The third-order valence-corrected chi connectivity index (χ3v) is 4.55. The first kappa shape index (κ1) is 16.7. The van der Waals surface area contributed by atoms with Crippen molar-refractivity contribution in [1.29, 1.82) is 0 Å². The Morgan fingerprint density at radius 2 is 1.83 bits per heavy atom. The summed E-state index contributed by atoms with van der Waals surface area (Å²) in [4.78, 5) is 12.3. The van der Waals surface area contributed by atoms with Crippen LogP contribution >= 0.6 is 0 Å². The Morgan fingerprint density at radius 3 is 2.42 bits per heavy atom. The first-order valence-corrected chi connectivity index (χ1v) is 8.39. The van der Waals surface area contributed by atoms with E-state index in [2.05, 4.69) is 19.2 Å². The number of benzene rings is 2. The Morgan fingerprint density at radius 1 is 1.17 bits per heavy atom. The van der Waals surface area contributed by atoms with E-state index in [1.807, 2.05) is 24.3 Å². The predicted octanol–water partition coefficient (Wildman–Crippen LogP) is 4.95. The van der Waals surface area contributed by atoms with Crippen molar-refractivity contribution < 1.29 is 13.9 Å². The van der Waals surface area contributed by atoms with Crippen molar-refractivity contribution in [2.24, 2.45) is 5.92 Å². The summed E-state index contributed by atoms with van der Waals surface area (Å²) in [5, 5.41) is 2.76. The lowest BCUT2D eigenvalue weighted by Gasteiger charge is -2.16. The van der Waals surface area contributed by atoms with E-state index in [4.69, 9.17) is 4.74 Å². The SMILES string of the molecule is CC[C@@H]1C[C@H](C)[C@@H](c2ccc(C(=O)Nc3ccc(F)cc3)cc2)O1. The Balaban J connectivity index is 1.68. The molecule has 4 heteroatoms. The number of ether oxygens (including phenoxy) is 1. The number of amides is 1. The lowest BCUT2D eigenvalue weighted by molar-refractivity contribution is 0.0338. The highest BCUT2D eigenvalue weighted by molar-refractivity contribution is 6.04. The molecule has 0 bridgehead atoms. The fourth-order valence-electron chi connectivity index (χ4n) is 3.17. The summed E-state index contributed by atoms with van der Waals surface area (Å²) in [5.74, 6) is -0.0535. The van der Waals surface area contributed by atoms with Crippen molar-refractivity contribution in [3.05, 3.63) is 65.5 Å². The third-order valence-electron chi connectivity index (χ3n) is 4.55. The molecule has 126 valence electrons. The Bertz CT molecular complexity index is 697. The van der Waals surface area contributed by atoms with Gasteiger partial charge in [0.15, 0.2) is 0 Å². The maximum Gasteiger partial charge on any atom is 0.255 e. The summed E-state index contributed by atoms with van der Waals surface area (Å²) in [6, 6.07) is 13.3. The van der Waals surface area contributed by atoms with Gasteiger partial charge < -0.3 is 10.1 Å². The van der Waals surface area contributed by atoms with E-state index in [0.29, 0.717) is 23.3 Å². The number of hydrogen-bond acceptors (Lipinski definition) is 2. The van der Waals surface area contributed by atoms with E-state index >= 15 is 0 Å². The minimum atomic E-state index is -0.326. The minimum absolute atomic E-state index is 0.101. The number of carbonyl (C=O) groups excluding carboxylic acids is 1. The fourth-order valence-corrected chi connectivity index (χ4v) is 3.17. The molecule has 24 heavy (non-hydrogen) atoms. The molecule has 1 saturated heterocycles. The average Bonchev–Trinajstić information content (AvgIpc) is 2.98. The zero-order valence-electron chi connectivity index (χ0n) is 14.0. The molecule has 2 aromatic rings. The molecule has 3 nitrogen and oxygen atoms in total. The predicted molar refractivity (Wildman–Crippen MR) is 92.5 cm³/mol. The molecular formula is C20H22FNO2. The zero-order chi connectivity index (χ0) is 17.1. The number of carbonyl (C=O) groups is 1. The summed E-state index contributed by atoms with van der Waals surface area (Å²) in [5.41, 5.74) is 2.25. The van der Waals surface area contributed by atoms with Crippen molar-refractivity contribution in [1.82, 2.24) is 0 Å². The second-order valence-corrected chi connectivity index (χ2v) is 6.38. The molecule has 1 amide bonds. The van der Waals surface area contributed by atoms with Gasteiger partial charge in [0, 0.05) is 11.3 Å². The maximum absolute atomic E-state index is 12.9. The van der Waals surface area contributed by atoms with Gasteiger partial charge in [-0.15, -0.1) is 0 Å². The second kappa shape index (κ2) is 7.14. The zero-order valence-corrected chi connectivity index (χ0v) is 14.0. The molecule has 1 aliphatic rings. The van der Waals surface area contributed by atoms with Crippen LogP contribution < -0.4 is 5.32 Å². The molecule has 0 aromatic heterocycles. The summed E-state index contributed by atoms with van der Waals surface area (Å²) in [6.45, 7) is 4.35. The third kappa shape index (κ3) is 3.65. The van der Waals surface area contributed by atoms with Crippen LogP contribution in [0.1, 0.15) is 48.7 Å². The van der Waals surface area contributed by atoms with Crippen molar-refractivity contribution in [3.8, 4) is 0 Å². The molecule has 1 fully saturated rings. The van der Waals surface area contributed by atoms with Crippen LogP contribution in [0.15, 0.2) is 48.5 Å². The number of anilines is 1. The molecular weight excluding hydrogens is 305 g/mol. The van der Waals surface area contributed by atoms with Crippen molar-refractivity contribution in [2.45, 2.75) is 38.9 Å². The Labute approximate surface area is 141 Å². The highest BCUT2D eigenvalue weighted by Crippen LogP contribution is 2.38. The summed E-state index contributed by atoms with van der Waals surface area (Å²) >= 11 is 0. The van der Waals surface area contributed by atoms with Crippen LogP contribution in [0.5, 0.6) is 0 Å². The van der Waals surface area contributed by atoms with Gasteiger partial charge in [0.25, 0.3) is 5.91 Å².